The number of ether oxygens (including phenoxy) is 1. The summed E-state index contributed by atoms with van der Waals surface area (Å²) in [7, 11) is 1.57. The molecule has 0 N–H and O–H groups in total. The zero-order chi connectivity index (χ0) is 20.5. The number of carbonyl (C=O) groups excluding carboxylic acids is 2. The molecule has 1 aromatic heterocycles. The maximum Gasteiger partial charge on any atom is 0.256 e. The molecular weight excluding hydrogens is 384 g/mol. The van der Waals surface area contributed by atoms with Crippen LogP contribution in [0.2, 0.25) is 0 Å². The summed E-state index contributed by atoms with van der Waals surface area (Å²) in [6.45, 7) is 3.98. The maximum atomic E-state index is 13.7. The quantitative estimate of drug-likeness (QED) is 0.641. The first-order valence-corrected chi connectivity index (χ1v) is 10.3. The third-order valence-corrected chi connectivity index (χ3v) is 6.27. The van der Waals surface area contributed by atoms with Crippen molar-refractivity contribution < 1.29 is 14.3 Å². The first kappa shape index (κ1) is 19.2. The number of aryl methyl sites for hydroxylation is 1. The molecule has 1 unspecified atom stereocenters. The molecule has 0 aliphatic carbocycles. The van der Waals surface area contributed by atoms with Crippen LogP contribution in [0.3, 0.4) is 0 Å². The summed E-state index contributed by atoms with van der Waals surface area (Å²) in [4.78, 5) is 31.1. The largest absolute Gasteiger partial charge is 0.495 e. The van der Waals surface area contributed by atoms with Gasteiger partial charge in [0, 0.05) is 10.6 Å². The summed E-state index contributed by atoms with van der Waals surface area (Å²) in [6, 6.07) is 16.2. The molecule has 2 amide bonds. The Hall–Kier alpha value is -3.12. The van der Waals surface area contributed by atoms with Crippen molar-refractivity contribution in [3.63, 3.8) is 0 Å². The predicted octanol–water partition coefficient (Wildman–Crippen LogP) is 4.49. The molecule has 1 aliphatic rings. The van der Waals surface area contributed by atoms with Crippen LogP contribution < -0.4 is 14.5 Å². The standard InChI is InChI=1S/C23H22N2O3S/c1-15-8-6-10-17(16(15)2)24-14-21(26)25(18-9-4-5-11-19(18)28-3)22(23(24)27)20-12-7-13-29-20/h4-13,22H,14H2,1-3H3. The van der Waals surface area contributed by atoms with Crippen molar-refractivity contribution in [3.8, 4) is 5.75 Å². The zero-order valence-electron chi connectivity index (χ0n) is 16.6. The second kappa shape index (κ2) is 7.72. The molecule has 2 heterocycles. The van der Waals surface area contributed by atoms with E-state index in [4.69, 9.17) is 4.74 Å². The molecule has 0 spiro atoms. The Morgan fingerprint density at radius 1 is 0.966 bits per heavy atom. The van der Waals surface area contributed by atoms with E-state index in [1.807, 2.05) is 67.8 Å². The molecule has 0 radical (unpaired) electrons. The van der Waals surface area contributed by atoms with Gasteiger partial charge in [-0.3, -0.25) is 14.5 Å². The lowest BCUT2D eigenvalue weighted by Gasteiger charge is -2.40. The molecule has 0 bridgehead atoms. The van der Waals surface area contributed by atoms with E-state index in [0.29, 0.717) is 11.4 Å². The number of piperazine rings is 1. The number of nitrogens with zero attached hydrogens (tertiary/aromatic N) is 2. The van der Waals surface area contributed by atoms with Gasteiger partial charge in [-0.2, -0.15) is 0 Å². The molecule has 5 nitrogen and oxygen atoms in total. The zero-order valence-corrected chi connectivity index (χ0v) is 17.4. The number of para-hydroxylation sites is 2. The van der Waals surface area contributed by atoms with Crippen molar-refractivity contribution in [1.29, 1.82) is 0 Å². The molecule has 1 aliphatic heterocycles. The molecule has 6 heteroatoms. The molecule has 0 saturated carbocycles. The summed E-state index contributed by atoms with van der Waals surface area (Å²) in [5, 5.41) is 1.92. The number of anilines is 2. The highest BCUT2D eigenvalue weighted by Gasteiger charge is 2.43. The van der Waals surface area contributed by atoms with Crippen molar-refractivity contribution in [3.05, 3.63) is 76.0 Å². The Kier molecular flexibility index (Phi) is 5.11. The Morgan fingerprint density at radius 3 is 2.45 bits per heavy atom. The number of methoxy groups -OCH3 is 1. The molecule has 2 aromatic carbocycles. The molecule has 29 heavy (non-hydrogen) atoms. The highest BCUT2D eigenvalue weighted by atomic mass is 32.1. The fourth-order valence-corrected chi connectivity index (χ4v) is 4.53. The van der Waals surface area contributed by atoms with Crippen LogP contribution in [0.4, 0.5) is 11.4 Å². The van der Waals surface area contributed by atoms with Crippen LogP contribution in [-0.2, 0) is 9.59 Å². The second-order valence-corrected chi connectivity index (χ2v) is 7.98. The molecular formula is C23H22N2O3S. The van der Waals surface area contributed by atoms with Crippen molar-refractivity contribution >= 4 is 34.5 Å². The first-order chi connectivity index (χ1) is 14.0. The minimum absolute atomic E-state index is 0.0109. The predicted molar refractivity (Wildman–Crippen MR) is 116 cm³/mol. The molecule has 3 aromatic rings. The third-order valence-electron chi connectivity index (χ3n) is 5.34. The average Bonchev–Trinajstić information content (AvgIpc) is 3.26. The number of carbonyl (C=O) groups is 2. The number of amides is 2. The lowest BCUT2D eigenvalue weighted by atomic mass is 10.0. The Balaban J connectivity index is 1.84. The smallest absolute Gasteiger partial charge is 0.256 e. The number of thiophene rings is 1. The van der Waals surface area contributed by atoms with Gasteiger partial charge in [-0.05, 0) is 54.6 Å². The monoisotopic (exact) mass is 406 g/mol. The van der Waals surface area contributed by atoms with Gasteiger partial charge in [0.15, 0.2) is 6.04 Å². The van der Waals surface area contributed by atoms with Gasteiger partial charge in [-0.1, -0.05) is 30.3 Å². The summed E-state index contributed by atoms with van der Waals surface area (Å²) < 4.78 is 5.48. The Morgan fingerprint density at radius 2 is 1.72 bits per heavy atom. The van der Waals surface area contributed by atoms with E-state index in [1.54, 1.807) is 23.0 Å². The number of hydrogen-bond acceptors (Lipinski definition) is 4. The van der Waals surface area contributed by atoms with E-state index in [-0.39, 0.29) is 18.4 Å². The molecule has 1 fully saturated rings. The number of benzene rings is 2. The van der Waals surface area contributed by atoms with Crippen LogP contribution in [0.1, 0.15) is 22.0 Å². The number of hydrogen-bond donors (Lipinski definition) is 0. The summed E-state index contributed by atoms with van der Waals surface area (Å²) >= 11 is 1.47. The van der Waals surface area contributed by atoms with Gasteiger partial charge in [0.05, 0.1) is 12.8 Å². The van der Waals surface area contributed by atoms with Crippen LogP contribution in [0.5, 0.6) is 5.75 Å². The van der Waals surface area contributed by atoms with E-state index >= 15 is 0 Å². The fraction of sp³-hybridized carbons (Fsp3) is 0.217. The van der Waals surface area contributed by atoms with Crippen molar-refractivity contribution in [1.82, 2.24) is 0 Å². The van der Waals surface area contributed by atoms with Gasteiger partial charge in [0.1, 0.15) is 12.3 Å². The molecule has 148 valence electrons. The van der Waals surface area contributed by atoms with Gasteiger partial charge in [-0.15, -0.1) is 11.3 Å². The summed E-state index contributed by atoms with van der Waals surface area (Å²) in [5.41, 5.74) is 3.48. The normalized spacial score (nSPS) is 17.0. The van der Waals surface area contributed by atoms with Gasteiger partial charge in [0.2, 0.25) is 5.91 Å². The van der Waals surface area contributed by atoms with Crippen LogP contribution in [0.25, 0.3) is 0 Å². The van der Waals surface area contributed by atoms with Gasteiger partial charge < -0.3 is 9.64 Å². The van der Waals surface area contributed by atoms with Crippen molar-refractivity contribution in [2.75, 3.05) is 23.5 Å². The lowest BCUT2D eigenvalue weighted by molar-refractivity contribution is -0.128. The molecule has 1 saturated heterocycles. The topological polar surface area (TPSA) is 49.9 Å². The molecule has 1 atom stereocenters. The summed E-state index contributed by atoms with van der Waals surface area (Å²) in [6.07, 6.45) is 0. The molecule has 4 rings (SSSR count). The van der Waals surface area contributed by atoms with E-state index in [2.05, 4.69) is 0 Å². The van der Waals surface area contributed by atoms with Crippen LogP contribution in [0, 0.1) is 13.8 Å². The van der Waals surface area contributed by atoms with Gasteiger partial charge in [0.25, 0.3) is 5.91 Å². The first-order valence-electron chi connectivity index (χ1n) is 9.39. The van der Waals surface area contributed by atoms with Crippen LogP contribution >= 0.6 is 11.3 Å². The lowest BCUT2D eigenvalue weighted by Crippen LogP contribution is -2.56. The highest BCUT2D eigenvalue weighted by molar-refractivity contribution is 7.10. The van der Waals surface area contributed by atoms with E-state index in [1.165, 1.54) is 11.3 Å². The second-order valence-electron chi connectivity index (χ2n) is 7.00. The van der Waals surface area contributed by atoms with Gasteiger partial charge in [-0.25, -0.2) is 0 Å². The van der Waals surface area contributed by atoms with Gasteiger partial charge >= 0.3 is 0 Å². The minimum atomic E-state index is -0.729. The maximum absolute atomic E-state index is 13.7. The van der Waals surface area contributed by atoms with E-state index in [0.717, 1.165) is 21.7 Å². The Bertz CT molecular complexity index is 1060. The SMILES string of the molecule is COc1ccccc1N1C(=O)CN(c2cccc(C)c2C)C(=O)C1c1cccs1. The highest BCUT2D eigenvalue weighted by Crippen LogP contribution is 2.40. The summed E-state index contributed by atoms with van der Waals surface area (Å²) in [5.74, 6) is 0.301. The number of rotatable bonds is 4. The minimum Gasteiger partial charge on any atom is -0.495 e. The van der Waals surface area contributed by atoms with Crippen molar-refractivity contribution in [2.45, 2.75) is 19.9 Å². The van der Waals surface area contributed by atoms with E-state index in [9.17, 15) is 9.59 Å². The van der Waals surface area contributed by atoms with Crippen molar-refractivity contribution in [2.24, 2.45) is 0 Å². The fourth-order valence-electron chi connectivity index (χ4n) is 3.72. The van der Waals surface area contributed by atoms with Crippen LogP contribution in [-0.4, -0.2) is 25.5 Å². The Labute approximate surface area is 174 Å². The van der Waals surface area contributed by atoms with Crippen LogP contribution in [0.15, 0.2) is 60.0 Å². The van der Waals surface area contributed by atoms with E-state index < -0.39 is 6.04 Å². The third kappa shape index (κ3) is 3.29. The average molecular weight is 407 g/mol.